The van der Waals surface area contributed by atoms with Gasteiger partial charge in [-0.2, -0.15) is 0 Å². The van der Waals surface area contributed by atoms with Crippen molar-refractivity contribution in [2.75, 3.05) is 14.9 Å². The number of carbonyl (C=O) groups is 3. The van der Waals surface area contributed by atoms with Crippen LogP contribution in [0.25, 0.3) is 0 Å². The van der Waals surface area contributed by atoms with Crippen LogP contribution >= 0.6 is 11.6 Å². The number of sulfonamides is 1. The fraction of sp³-hybridized carbons (Fsp3) is 0.125. The Balaban J connectivity index is 1.48. The van der Waals surface area contributed by atoms with E-state index >= 15 is 0 Å². The standard InChI is InChI=1S/C24H20ClN5O6S/c1-14(2)36-23(33)15-4-8-17(9-5-15)30-21(31)19(25)20(22(30)32)28-16-6-10-18(11-7-16)37(34,35)29-24-26-12-3-13-27-24/h3-14,28H,1-2H3,(H,26,27,29). The summed E-state index contributed by atoms with van der Waals surface area (Å²) in [6.45, 7) is 3.44. The van der Waals surface area contributed by atoms with Crippen LogP contribution in [0.2, 0.25) is 0 Å². The second-order valence-corrected chi connectivity index (χ2v) is 10.0. The molecule has 1 aliphatic rings. The fourth-order valence-corrected chi connectivity index (χ4v) is 4.44. The molecule has 0 atom stereocenters. The molecule has 190 valence electrons. The molecule has 11 nitrogen and oxygen atoms in total. The Hall–Kier alpha value is -4.29. The maximum Gasteiger partial charge on any atom is 0.338 e. The number of nitrogens with zero attached hydrogens (tertiary/aromatic N) is 3. The number of benzene rings is 2. The van der Waals surface area contributed by atoms with E-state index in [1.54, 1.807) is 19.9 Å². The zero-order valence-corrected chi connectivity index (χ0v) is 21.1. The van der Waals surface area contributed by atoms with Crippen LogP contribution in [0, 0.1) is 0 Å². The first-order valence-corrected chi connectivity index (χ1v) is 12.7. The Morgan fingerprint density at radius 2 is 1.59 bits per heavy atom. The highest BCUT2D eigenvalue weighted by molar-refractivity contribution is 7.92. The molecule has 0 bridgehead atoms. The van der Waals surface area contributed by atoms with Crippen molar-refractivity contribution < 1.29 is 27.5 Å². The highest BCUT2D eigenvalue weighted by Crippen LogP contribution is 2.30. The summed E-state index contributed by atoms with van der Waals surface area (Å²) in [4.78, 5) is 46.2. The number of hydrogen-bond donors (Lipinski definition) is 2. The molecule has 4 rings (SSSR count). The molecule has 3 aromatic rings. The first kappa shape index (κ1) is 25.8. The summed E-state index contributed by atoms with van der Waals surface area (Å²) in [6, 6.07) is 12.7. The largest absolute Gasteiger partial charge is 0.459 e. The topological polar surface area (TPSA) is 148 Å². The van der Waals surface area contributed by atoms with Crippen molar-refractivity contribution >= 4 is 56.7 Å². The lowest BCUT2D eigenvalue weighted by Crippen LogP contribution is -2.32. The van der Waals surface area contributed by atoms with E-state index in [1.165, 1.54) is 60.9 Å². The first-order valence-electron chi connectivity index (χ1n) is 10.8. The van der Waals surface area contributed by atoms with Gasteiger partial charge in [-0.05, 0) is 68.4 Å². The van der Waals surface area contributed by atoms with Crippen molar-refractivity contribution in [3.63, 3.8) is 0 Å². The Bertz CT molecular complexity index is 1490. The molecule has 0 saturated heterocycles. The van der Waals surface area contributed by atoms with Crippen LogP contribution in [-0.2, 0) is 24.3 Å². The van der Waals surface area contributed by atoms with Gasteiger partial charge in [-0.1, -0.05) is 11.6 Å². The third kappa shape index (κ3) is 5.60. The van der Waals surface area contributed by atoms with Crippen molar-refractivity contribution in [1.29, 1.82) is 0 Å². The van der Waals surface area contributed by atoms with E-state index in [0.717, 1.165) is 4.90 Å². The van der Waals surface area contributed by atoms with Gasteiger partial charge in [0.05, 0.1) is 22.3 Å². The molecule has 0 radical (unpaired) electrons. The maximum absolute atomic E-state index is 13.0. The molecule has 37 heavy (non-hydrogen) atoms. The zero-order valence-electron chi connectivity index (χ0n) is 19.5. The number of esters is 1. The Kier molecular flexibility index (Phi) is 7.23. The molecule has 0 spiro atoms. The predicted octanol–water partition coefficient (Wildman–Crippen LogP) is 3.28. The third-order valence-electron chi connectivity index (χ3n) is 4.96. The minimum atomic E-state index is -3.95. The predicted molar refractivity (Wildman–Crippen MR) is 135 cm³/mol. The van der Waals surface area contributed by atoms with Gasteiger partial charge in [0, 0.05) is 18.1 Å². The van der Waals surface area contributed by atoms with E-state index in [2.05, 4.69) is 20.0 Å². The lowest BCUT2D eigenvalue weighted by Gasteiger charge is -2.16. The molecular formula is C24H20ClN5O6S. The van der Waals surface area contributed by atoms with Crippen LogP contribution < -0.4 is 14.9 Å². The van der Waals surface area contributed by atoms with Gasteiger partial charge in [-0.15, -0.1) is 0 Å². The molecule has 2 heterocycles. The lowest BCUT2D eigenvalue weighted by molar-refractivity contribution is -0.120. The fourth-order valence-electron chi connectivity index (χ4n) is 3.27. The summed E-state index contributed by atoms with van der Waals surface area (Å²) in [7, 11) is -3.95. The number of nitrogens with one attached hydrogen (secondary N) is 2. The lowest BCUT2D eigenvalue weighted by atomic mass is 10.2. The minimum absolute atomic E-state index is 0.0721. The Morgan fingerprint density at radius 1 is 0.973 bits per heavy atom. The summed E-state index contributed by atoms with van der Waals surface area (Å²) in [5, 5.41) is 2.43. The SMILES string of the molecule is CC(C)OC(=O)c1ccc(N2C(=O)C(Cl)=C(Nc3ccc(S(=O)(=O)Nc4ncccn4)cc3)C2=O)cc1. The van der Waals surface area contributed by atoms with E-state index < -0.39 is 27.8 Å². The molecule has 0 fully saturated rings. The average Bonchev–Trinajstić information content (AvgIpc) is 3.07. The molecule has 1 aromatic heterocycles. The monoisotopic (exact) mass is 541 g/mol. The van der Waals surface area contributed by atoms with E-state index in [9.17, 15) is 22.8 Å². The number of carbonyl (C=O) groups excluding carboxylic acids is 3. The molecule has 0 saturated carbocycles. The van der Waals surface area contributed by atoms with Crippen molar-refractivity contribution in [3.05, 3.63) is 83.3 Å². The van der Waals surface area contributed by atoms with E-state index in [0.29, 0.717) is 5.69 Å². The number of amides is 2. The third-order valence-corrected chi connectivity index (χ3v) is 6.65. The van der Waals surface area contributed by atoms with Crippen molar-refractivity contribution in [2.45, 2.75) is 24.8 Å². The first-order chi connectivity index (χ1) is 17.6. The Labute approximate surface area is 217 Å². The molecule has 2 amide bonds. The number of ether oxygens (including phenoxy) is 1. The van der Waals surface area contributed by atoms with Crippen molar-refractivity contribution in [3.8, 4) is 0 Å². The van der Waals surface area contributed by atoms with Gasteiger partial charge in [0.2, 0.25) is 5.95 Å². The van der Waals surface area contributed by atoms with Crippen LogP contribution in [0.3, 0.4) is 0 Å². The number of rotatable bonds is 8. The van der Waals surface area contributed by atoms with Gasteiger partial charge < -0.3 is 10.1 Å². The summed E-state index contributed by atoms with van der Waals surface area (Å²) in [5.74, 6) is -2.08. The minimum Gasteiger partial charge on any atom is -0.459 e. The number of halogens is 1. The van der Waals surface area contributed by atoms with Crippen LogP contribution in [0.15, 0.2) is 82.6 Å². The molecule has 13 heteroatoms. The summed E-state index contributed by atoms with van der Waals surface area (Å²) in [5.41, 5.74) is 0.609. The van der Waals surface area contributed by atoms with Gasteiger partial charge in [-0.25, -0.2) is 32.8 Å². The molecule has 2 aromatic carbocycles. The van der Waals surface area contributed by atoms with Gasteiger partial charge in [0.25, 0.3) is 21.8 Å². The smallest absolute Gasteiger partial charge is 0.338 e. The maximum atomic E-state index is 13.0. The Morgan fingerprint density at radius 3 is 2.19 bits per heavy atom. The number of hydrogen-bond acceptors (Lipinski definition) is 9. The number of aromatic nitrogens is 2. The highest BCUT2D eigenvalue weighted by atomic mass is 35.5. The van der Waals surface area contributed by atoms with Crippen LogP contribution in [0.4, 0.5) is 17.3 Å². The average molecular weight is 542 g/mol. The number of anilines is 3. The molecule has 0 aliphatic carbocycles. The molecular weight excluding hydrogens is 522 g/mol. The number of imide groups is 1. The zero-order chi connectivity index (χ0) is 26.7. The van der Waals surface area contributed by atoms with E-state index in [-0.39, 0.29) is 38.9 Å². The van der Waals surface area contributed by atoms with Gasteiger partial charge in [0.15, 0.2) is 0 Å². The van der Waals surface area contributed by atoms with Crippen molar-refractivity contribution in [2.24, 2.45) is 0 Å². The van der Waals surface area contributed by atoms with Gasteiger partial charge in [0.1, 0.15) is 10.7 Å². The van der Waals surface area contributed by atoms with Crippen LogP contribution in [0.5, 0.6) is 0 Å². The normalized spacial score (nSPS) is 13.8. The van der Waals surface area contributed by atoms with Gasteiger partial charge >= 0.3 is 5.97 Å². The summed E-state index contributed by atoms with van der Waals surface area (Å²) < 4.78 is 32.5. The molecule has 0 unspecified atom stereocenters. The van der Waals surface area contributed by atoms with Crippen molar-refractivity contribution in [1.82, 2.24) is 9.97 Å². The molecule has 2 N–H and O–H groups in total. The quantitative estimate of drug-likeness (QED) is 0.324. The molecule has 1 aliphatic heterocycles. The van der Waals surface area contributed by atoms with Crippen LogP contribution in [0.1, 0.15) is 24.2 Å². The van der Waals surface area contributed by atoms with Gasteiger partial charge in [-0.3, -0.25) is 9.59 Å². The second-order valence-electron chi connectivity index (χ2n) is 7.96. The summed E-state index contributed by atoms with van der Waals surface area (Å²) >= 11 is 6.16. The van der Waals surface area contributed by atoms with E-state index in [1.807, 2.05) is 0 Å². The highest BCUT2D eigenvalue weighted by Gasteiger charge is 2.39. The van der Waals surface area contributed by atoms with E-state index in [4.69, 9.17) is 16.3 Å². The summed E-state index contributed by atoms with van der Waals surface area (Å²) in [6.07, 6.45) is 2.50. The second kappa shape index (κ2) is 10.4. The van der Waals surface area contributed by atoms with Crippen LogP contribution in [-0.4, -0.2) is 42.3 Å².